The lowest BCUT2D eigenvalue weighted by Crippen LogP contribution is -2.44. The van der Waals surface area contributed by atoms with E-state index >= 15 is 0 Å². The Morgan fingerprint density at radius 1 is 1.40 bits per heavy atom. The van der Waals surface area contributed by atoms with E-state index in [0.29, 0.717) is 0 Å². The van der Waals surface area contributed by atoms with Crippen LogP contribution < -0.4 is 0 Å². The predicted molar refractivity (Wildman–Crippen MR) is 57.1 cm³/mol. The minimum atomic E-state index is 0.128. The molecule has 0 unspecified atom stereocenters. The van der Waals surface area contributed by atoms with E-state index in [2.05, 4.69) is 4.90 Å². The normalized spacial score (nSPS) is 27.7. The lowest BCUT2D eigenvalue weighted by atomic mass is 9.97. The summed E-state index contributed by atoms with van der Waals surface area (Å²) in [6.45, 7) is 2.10. The fourth-order valence-electron chi connectivity index (χ4n) is 2.33. The first-order valence-electron chi connectivity index (χ1n) is 5.78. The van der Waals surface area contributed by atoms with E-state index in [1.165, 1.54) is 24.4 Å². The first-order chi connectivity index (χ1) is 7.22. The molecule has 1 aliphatic heterocycles. The number of carbonyl (C=O) groups is 1. The van der Waals surface area contributed by atoms with Crippen LogP contribution in [-0.4, -0.2) is 49.2 Å². The molecule has 0 aromatic rings. The van der Waals surface area contributed by atoms with Gasteiger partial charge in [0.25, 0.3) is 0 Å². The number of hydroxylamine groups is 2. The molecule has 1 amide bonds. The van der Waals surface area contributed by atoms with Crippen LogP contribution in [0.15, 0.2) is 0 Å². The Labute approximate surface area is 91.1 Å². The Kier molecular flexibility index (Phi) is 3.26. The highest BCUT2D eigenvalue weighted by Crippen LogP contribution is 2.31. The van der Waals surface area contributed by atoms with Crippen LogP contribution in [-0.2, 0) is 9.63 Å². The molecule has 0 aromatic heterocycles. The number of piperidine rings is 1. The summed E-state index contributed by atoms with van der Waals surface area (Å²) in [4.78, 5) is 19.3. The van der Waals surface area contributed by atoms with Crippen LogP contribution in [0.1, 0.15) is 25.7 Å². The molecular weight excluding hydrogens is 192 g/mol. The van der Waals surface area contributed by atoms with Crippen LogP contribution in [0, 0.1) is 5.92 Å². The lowest BCUT2D eigenvalue weighted by Gasteiger charge is -2.33. The van der Waals surface area contributed by atoms with E-state index in [-0.39, 0.29) is 11.8 Å². The second-order valence-electron chi connectivity index (χ2n) is 4.58. The first-order valence-corrected chi connectivity index (χ1v) is 5.78. The van der Waals surface area contributed by atoms with Crippen LogP contribution >= 0.6 is 0 Å². The Bertz CT molecular complexity index is 241. The molecule has 0 radical (unpaired) electrons. The molecule has 0 spiro atoms. The highest BCUT2D eigenvalue weighted by molar-refractivity contribution is 5.77. The summed E-state index contributed by atoms with van der Waals surface area (Å²) in [7, 11) is 3.23. The third kappa shape index (κ3) is 2.49. The molecule has 2 aliphatic rings. The maximum atomic E-state index is 11.9. The maximum absolute atomic E-state index is 11.9. The number of hydrogen-bond donors (Lipinski definition) is 0. The van der Waals surface area contributed by atoms with E-state index in [9.17, 15) is 4.79 Å². The van der Waals surface area contributed by atoms with Gasteiger partial charge in [0.2, 0.25) is 5.91 Å². The van der Waals surface area contributed by atoms with E-state index in [0.717, 1.165) is 25.4 Å². The zero-order valence-corrected chi connectivity index (χ0v) is 9.61. The molecule has 1 aliphatic carbocycles. The van der Waals surface area contributed by atoms with Gasteiger partial charge in [0.05, 0.1) is 13.0 Å². The van der Waals surface area contributed by atoms with Gasteiger partial charge in [-0.3, -0.25) is 14.5 Å². The van der Waals surface area contributed by atoms with Crippen molar-refractivity contribution in [2.75, 3.05) is 27.2 Å². The molecule has 1 saturated heterocycles. The quantitative estimate of drug-likeness (QED) is 0.651. The van der Waals surface area contributed by atoms with Gasteiger partial charge < -0.3 is 0 Å². The van der Waals surface area contributed by atoms with Gasteiger partial charge in [0.15, 0.2) is 0 Å². The molecule has 0 bridgehead atoms. The number of rotatable bonds is 3. The van der Waals surface area contributed by atoms with Crippen molar-refractivity contribution in [3.63, 3.8) is 0 Å². The summed E-state index contributed by atoms with van der Waals surface area (Å²) in [5.74, 6) is 0.271. The van der Waals surface area contributed by atoms with Crippen molar-refractivity contribution in [1.82, 2.24) is 9.96 Å². The molecule has 4 heteroatoms. The monoisotopic (exact) mass is 212 g/mol. The van der Waals surface area contributed by atoms with Gasteiger partial charge in [-0.2, -0.15) is 0 Å². The molecule has 1 atom stereocenters. The van der Waals surface area contributed by atoms with Gasteiger partial charge >= 0.3 is 0 Å². The van der Waals surface area contributed by atoms with Crippen molar-refractivity contribution in [3.05, 3.63) is 0 Å². The van der Waals surface area contributed by atoms with E-state index in [4.69, 9.17) is 4.84 Å². The van der Waals surface area contributed by atoms with Gasteiger partial charge in [0, 0.05) is 19.6 Å². The molecule has 2 rings (SSSR count). The number of carbonyl (C=O) groups excluding carboxylic acids is 1. The van der Waals surface area contributed by atoms with Crippen LogP contribution in [0.2, 0.25) is 0 Å². The Morgan fingerprint density at radius 2 is 2.13 bits per heavy atom. The minimum Gasteiger partial charge on any atom is -0.300 e. The zero-order valence-electron chi connectivity index (χ0n) is 9.61. The van der Waals surface area contributed by atoms with Crippen LogP contribution in [0.4, 0.5) is 0 Å². The summed E-state index contributed by atoms with van der Waals surface area (Å²) in [6, 6.07) is 0.772. The van der Waals surface area contributed by atoms with Crippen LogP contribution in [0.5, 0.6) is 0 Å². The zero-order chi connectivity index (χ0) is 10.8. The third-order valence-corrected chi connectivity index (χ3v) is 3.45. The molecule has 86 valence electrons. The van der Waals surface area contributed by atoms with Gasteiger partial charge in [-0.15, -0.1) is 0 Å². The standard InChI is InChI=1S/C11H20N2O2/c1-12(15-2)11(14)9-4-3-7-13(8-9)10-5-6-10/h9-10H,3-8H2,1-2H3/t9-/m1/s1. The number of likely N-dealkylation sites (tertiary alicyclic amines) is 1. The minimum absolute atomic E-state index is 0.128. The maximum Gasteiger partial charge on any atom is 0.250 e. The molecule has 15 heavy (non-hydrogen) atoms. The second kappa shape index (κ2) is 4.49. The van der Waals surface area contributed by atoms with Crippen molar-refractivity contribution in [3.8, 4) is 0 Å². The SMILES string of the molecule is CON(C)C(=O)[C@@H]1CCCN(C2CC2)C1. The fraction of sp³-hybridized carbons (Fsp3) is 0.909. The summed E-state index contributed by atoms with van der Waals surface area (Å²) in [5.41, 5.74) is 0. The Hall–Kier alpha value is -0.610. The highest BCUT2D eigenvalue weighted by atomic mass is 16.7. The number of amides is 1. The number of nitrogens with zero attached hydrogens (tertiary/aromatic N) is 2. The van der Waals surface area contributed by atoms with Gasteiger partial charge in [-0.1, -0.05) is 0 Å². The van der Waals surface area contributed by atoms with Crippen molar-refractivity contribution in [2.24, 2.45) is 5.92 Å². The molecule has 4 nitrogen and oxygen atoms in total. The highest BCUT2D eigenvalue weighted by Gasteiger charge is 2.35. The first kappa shape index (κ1) is 10.9. The molecule has 1 heterocycles. The largest absolute Gasteiger partial charge is 0.300 e. The summed E-state index contributed by atoms with van der Waals surface area (Å²) in [6.07, 6.45) is 4.79. The van der Waals surface area contributed by atoms with Crippen molar-refractivity contribution >= 4 is 5.91 Å². The van der Waals surface area contributed by atoms with Crippen molar-refractivity contribution in [2.45, 2.75) is 31.7 Å². The van der Waals surface area contributed by atoms with E-state index in [1.54, 1.807) is 14.2 Å². The average Bonchev–Trinajstić information content (AvgIpc) is 3.11. The summed E-state index contributed by atoms with van der Waals surface area (Å²) >= 11 is 0. The summed E-state index contributed by atoms with van der Waals surface area (Å²) < 4.78 is 0. The topological polar surface area (TPSA) is 32.8 Å². The Morgan fingerprint density at radius 3 is 2.73 bits per heavy atom. The molecule has 0 N–H and O–H groups in total. The molecule has 0 aromatic carbocycles. The van der Waals surface area contributed by atoms with Crippen LogP contribution in [0.25, 0.3) is 0 Å². The van der Waals surface area contributed by atoms with E-state index < -0.39 is 0 Å². The number of hydrogen-bond acceptors (Lipinski definition) is 3. The smallest absolute Gasteiger partial charge is 0.250 e. The summed E-state index contributed by atoms with van der Waals surface area (Å²) in [5, 5.41) is 1.36. The lowest BCUT2D eigenvalue weighted by molar-refractivity contribution is -0.175. The van der Waals surface area contributed by atoms with Gasteiger partial charge in [-0.05, 0) is 32.2 Å². The molecular formula is C11H20N2O2. The van der Waals surface area contributed by atoms with Gasteiger partial charge in [0.1, 0.15) is 0 Å². The fourth-order valence-corrected chi connectivity index (χ4v) is 2.33. The average molecular weight is 212 g/mol. The molecule has 1 saturated carbocycles. The van der Waals surface area contributed by atoms with Crippen molar-refractivity contribution < 1.29 is 9.63 Å². The van der Waals surface area contributed by atoms with E-state index in [1.807, 2.05) is 0 Å². The van der Waals surface area contributed by atoms with Gasteiger partial charge in [-0.25, -0.2) is 5.06 Å². The predicted octanol–water partition coefficient (Wildman–Crippen LogP) is 0.881. The Balaban J connectivity index is 1.88. The van der Waals surface area contributed by atoms with Crippen molar-refractivity contribution in [1.29, 1.82) is 0 Å². The second-order valence-corrected chi connectivity index (χ2v) is 4.58. The molecule has 2 fully saturated rings. The third-order valence-electron chi connectivity index (χ3n) is 3.45. The van der Waals surface area contributed by atoms with Crippen LogP contribution in [0.3, 0.4) is 0 Å².